The molecule has 2 heterocycles. The maximum Gasteiger partial charge on any atom is 0.213 e. The Morgan fingerprint density at radius 3 is 1.54 bits per heavy atom. The van der Waals surface area contributed by atoms with Crippen molar-refractivity contribution in [1.29, 1.82) is 0 Å². The summed E-state index contributed by atoms with van der Waals surface area (Å²) in [6.07, 6.45) is 0. The quantitative estimate of drug-likeness (QED) is 0.181. The van der Waals surface area contributed by atoms with E-state index in [-0.39, 0.29) is 0 Å². The molecule has 2 aromatic heterocycles. The van der Waals surface area contributed by atoms with Crippen molar-refractivity contribution in [2.75, 3.05) is 0 Å². The summed E-state index contributed by atoms with van der Waals surface area (Å²) in [4.78, 5) is 0. The van der Waals surface area contributed by atoms with Crippen molar-refractivity contribution in [3.8, 4) is 39.1 Å². The highest BCUT2D eigenvalue weighted by molar-refractivity contribution is 6.29. The summed E-state index contributed by atoms with van der Waals surface area (Å²) < 4.78 is 8.95. The second-order valence-electron chi connectivity index (χ2n) is 12.4. The molecule has 0 spiro atoms. The van der Waals surface area contributed by atoms with Crippen LogP contribution in [0.5, 0.6) is 0 Å². The minimum absolute atomic E-state index is 0.869. The Balaban J connectivity index is 1.31. The molecule has 0 saturated heterocycles. The van der Waals surface area contributed by atoms with Gasteiger partial charge in [-0.05, 0) is 79.2 Å². The first-order valence-corrected chi connectivity index (χ1v) is 16.4. The molecule has 0 aliphatic rings. The van der Waals surface area contributed by atoms with Gasteiger partial charge in [0, 0.05) is 16.5 Å². The fourth-order valence-corrected chi connectivity index (χ4v) is 7.76. The van der Waals surface area contributed by atoms with Gasteiger partial charge in [0.1, 0.15) is 5.58 Å². The molecular weight excluding hydrogens is 583 g/mol. The number of fused-ring (bicyclic) bond motifs is 7. The predicted octanol–water partition coefficient (Wildman–Crippen LogP) is 12.8. The van der Waals surface area contributed by atoms with Gasteiger partial charge in [-0.3, -0.25) is 4.57 Å². The van der Waals surface area contributed by atoms with Crippen LogP contribution in [0.1, 0.15) is 0 Å². The number of nitrogens with zero attached hydrogens (tertiary/aromatic N) is 1. The van der Waals surface area contributed by atoms with Crippen LogP contribution in [-0.2, 0) is 0 Å². The van der Waals surface area contributed by atoms with E-state index in [1.807, 2.05) is 6.07 Å². The fourth-order valence-electron chi connectivity index (χ4n) is 7.76. The molecular formula is C46H29NO. The zero-order chi connectivity index (χ0) is 31.6. The van der Waals surface area contributed by atoms with E-state index in [1.54, 1.807) is 0 Å². The molecule has 0 aliphatic heterocycles. The number of rotatable bonds is 4. The normalized spacial score (nSPS) is 11.8. The van der Waals surface area contributed by atoms with Gasteiger partial charge in [0.2, 0.25) is 5.71 Å². The molecule has 0 fully saturated rings. The van der Waals surface area contributed by atoms with E-state index in [2.05, 4.69) is 174 Å². The third-order valence-corrected chi connectivity index (χ3v) is 9.81. The Hall–Kier alpha value is -6.38. The maximum absolute atomic E-state index is 6.67. The molecule has 48 heavy (non-hydrogen) atoms. The van der Waals surface area contributed by atoms with Crippen LogP contribution in [0, 0.1) is 0 Å². The number of hydrogen-bond acceptors (Lipinski definition) is 1. The smallest absolute Gasteiger partial charge is 0.213 e. The second kappa shape index (κ2) is 10.6. The lowest BCUT2D eigenvalue weighted by Crippen LogP contribution is -1.94. The molecule has 2 nitrogen and oxygen atoms in total. The lowest BCUT2D eigenvalue weighted by atomic mass is 9.84. The van der Waals surface area contributed by atoms with Gasteiger partial charge in [0.15, 0.2) is 0 Å². The minimum Gasteiger partial charge on any atom is -0.439 e. The van der Waals surface area contributed by atoms with Crippen LogP contribution >= 0.6 is 0 Å². The maximum atomic E-state index is 6.67. The van der Waals surface area contributed by atoms with Gasteiger partial charge in [0.05, 0.1) is 10.9 Å². The Labute approximate surface area is 277 Å². The minimum atomic E-state index is 0.869. The van der Waals surface area contributed by atoms with Crippen LogP contribution in [0.15, 0.2) is 180 Å². The van der Waals surface area contributed by atoms with Crippen LogP contribution in [0.4, 0.5) is 0 Å². The molecule has 10 aromatic rings. The molecule has 8 aromatic carbocycles. The molecule has 0 saturated carbocycles. The highest BCUT2D eigenvalue weighted by atomic mass is 16.3. The van der Waals surface area contributed by atoms with Gasteiger partial charge in [0.25, 0.3) is 0 Å². The molecule has 10 rings (SSSR count). The van der Waals surface area contributed by atoms with Crippen molar-refractivity contribution in [3.63, 3.8) is 0 Å². The van der Waals surface area contributed by atoms with Crippen molar-refractivity contribution >= 4 is 54.5 Å². The van der Waals surface area contributed by atoms with Gasteiger partial charge >= 0.3 is 0 Å². The Kier molecular flexibility index (Phi) is 5.91. The zero-order valence-corrected chi connectivity index (χ0v) is 26.1. The van der Waals surface area contributed by atoms with Gasteiger partial charge in [-0.25, -0.2) is 0 Å². The van der Waals surface area contributed by atoms with E-state index in [9.17, 15) is 0 Å². The first-order valence-electron chi connectivity index (χ1n) is 16.4. The molecule has 224 valence electrons. The lowest BCUT2D eigenvalue weighted by molar-refractivity contribution is 0.645. The molecule has 0 amide bonds. The topological polar surface area (TPSA) is 18.1 Å². The third kappa shape index (κ3) is 3.93. The summed E-state index contributed by atoms with van der Waals surface area (Å²) in [5.41, 5.74) is 11.3. The highest BCUT2D eigenvalue weighted by Gasteiger charge is 2.24. The number of furan rings is 1. The number of para-hydroxylation sites is 2. The number of hydrogen-bond donors (Lipinski definition) is 0. The molecule has 2 heteroatoms. The van der Waals surface area contributed by atoms with E-state index in [0.29, 0.717) is 0 Å². The summed E-state index contributed by atoms with van der Waals surface area (Å²) >= 11 is 0. The van der Waals surface area contributed by atoms with E-state index in [0.717, 1.165) is 33.3 Å². The van der Waals surface area contributed by atoms with Crippen LogP contribution in [-0.4, -0.2) is 4.57 Å². The number of benzene rings is 8. The van der Waals surface area contributed by atoms with Gasteiger partial charge in [-0.2, -0.15) is 0 Å². The fraction of sp³-hybridized carbons (Fsp3) is 0. The summed E-state index contributed by atoms with van der Waals surface area (Å²) in [6.45, 7) is 0. The van der Waals surface area contributed by atoms with Crippen LogP contribution < -0.4 is 0 Å². The van der Waals surface area contributed by atoms with E-state index >= 15 is 0 Å². The summed E-state index contributed by atoms with van der Waals surface area (Å²) in [7, 11) is 0. The first kappa shape index (κ1) is 26.8. The lowest BCUT2D eigenvalue weighted by Gasteiger charge is -2.18. The number of aromatic nitrogens is 1. The monoisotopic (exact) mass is 611 g/mol. The SMILES string of the molecule is c1ccc(-c2ccc(-c3c4ccccc4c(-c4cccc5c4c4c6ccccc6oc4n5-c4ccccc4)c4ccccc34)cc2)cc1. The average Bonchev–Trinajstić information content (AvgIpc) is 3.69. The van der Waals surface area contributed by atoms with Crippen molar-refractivity contribution in [1.82, 2.24) is 4.57 Å². The van der Waals surface area contributed by atoms with Crippen LogP contribution in [0.2, 0.25) is 0 Å². The molecule has 0 atom stereocenters. The molecule has 0 aliphatic carbocycles. The standard InChI is InChI=1S/C46H29NO/c1-3-14-30(15-4-1)31-26-28-32(29-27-31)42-34-18-7-9-20-36(34)43(37-21-10-8-19-35(37)42)39-23-13-24-40-44(39)45-38-22-11-12-25-41(38)48-46(45)47(40)33-16-5-2-6-17-33/h1-29H. The molecule has 0 radical (unpaired) electrons. The van der Waals surface area contributed by atoms with E-state index < -0.39 is 0 Å². The highest BCUT2D eigenvalue weighted by Crippen LogP contribution is 2.48. The predicted molar refractivity (Wildman–Crippen MR) is 202 cm³/mol. The van der Waals surface area contributed by atoms with E-state index in [4.69, 9.17) is 4.42 Å². The summed E-state index contributed by atoms with van der Waals surface area (Å²) in [5, 5.41) is 8.44. The molecule has 0 bridgehead atoms. The largest absolute Gasteiger partial charge is 0.439 e. The van der Waals surface area contributed by atoms with Crippen molar-refractivity contribution < 1.29 is 4.42 Å². The summed E-state index contributed by atoms with van der Waals surface area (Å²) in [6, 6.07) is 63.1. The Bertz CT molecular complexity index is 2750. The molecule has 0 N–H and O–H groups in total. The Morgan fingerprint density at radius 2 is 0.875 bits per heavy atom. The van der Waals surface area contributed by atoms with Gasteiger partial charge < -0.3 is 4.42 Å². The summed E-state index contributed by atoms with van der Waals surface area (Å²) in [5.74, 6) is 0. The van der Waals surface area contributed by atoms with E-state index in [1.165, 1.54) is 60.3 Å². The Morgan fingerprint density at radius 1 is 0.354 bits per heavy atom. The first-order chi connectivity index (χ1) is 23.8. The van der Waals surface area contributed by atoms with Crippen molar-refractivity contribution in [2.45, 2.75) is 0 Å². The van der Waals surface area contributed by atoms with Gasteiger partial charge in [-0.15, -0.1) is 0 Å². The average molecular weight is 612 g/mol. The second-order valence-corrected chi connectivity index (χ2v) is 12.4. The van der Waals surface area contributed by atoms with Crippen molar-refractivity contribution in [3.05, 3.63) is 176 Å². The van der Waals surface area contributed by atoms with Crippen LogP contribution in [0.3, 0.4) is 0 Å². The third-order valence-electron chi connectivity index (χ3n) is 9.81. The van der Waals surface area contributed by atoms with Crippen molar-refractivity contribution in [2.24, 2.45) is 0 Å². The van der Waals surface area contributed by atoms with Gasteiger partial charge in [-0.1, -0.05) is 152 Å². The molecule has 0 unspecified atom stereocenters. The zero-order valence-electron chi connectivity index (χ0n) is 26.1. The van der Waals surface area contributed by atoms with Crippen LogP contribution in [0.25, 0.3) is 93.6 Å².